The summed E-state index contributed by atoms with van der Waals surface area (Å²) < 4.78 is 4.80. The molecule has 0 saturated carbocycles. The summed E-state index contributed by atoms with van der Waals surface area (Å²) in [6.07, 6.45) is -1.18. The monoisotopic (exact) mass is 263 g/mol. The number of benzene rings is 1. The van der Waals surface area contributed by atoms with Gasteiger partial charge in [-0.2, -0.15) is 5.06 Å². The van der Waals surface area contributed by atoms with Crippen molar-refractivity contribution in [2.45, 2.75) is 20.0 Å². The van der Waals surface area contributed by atoms with Crippen LogP contribution in [0.2, 0.25) is 10.0 Å². The maximum atomic E-state index is 11.3. The molecule has 1 rings (SSSR count). The standard InChI is InChI=1S/C10H11Cl2NO3/c1-6(2)16-10(14)13(15)7-3-4-8(11)9(12)5-7/h3-6,15H,1-2H3. The number of hydrogen-bond donors (Lipinski definition) is 1. The van der Waals surface area contributed by atoms with Gasteiger partial charge in [0.1, 0.15) is 0 Å². The highest BCUT2D eigenvalue weighted by Gasteiger charge is 2.16. The molecule has 0 radical (unpaired) electrons. The van der Waals surface area contributed by atoms with E-state index in [2.05, 4.69) is 0 Å². The van der Waals surface area contributed by atoms with Crippen molar-refractivity contribution >= 4 is 35.0 Å². The van der Waals surface area contributed by atoms with Crippen molar-refractivity contribution in [3.8, 4) is 0 Å². The normalized spacial score (nSPS) is 10.4. The zero-order valence-corrected chi connectivity index (χ0v) is 10.3. The highest BCUT2D eigenvalue weighted by Crippen LogP contribution is 2.26. The molecule has 0 spiro atoms. The lowest BCUT2D eigenvalue weighted by molar-refractivity contribution is 0.0948. The van der Waals surface area contributed by atoms with Crippen molar-refractivity contribution in [3.63, 3.8) is 0 Å². The molecule has 16 heavy (non-hydrogen) atoms. The van der Waals surface area contributed by atoms with E-state index in [-0.39, 0.29) is 16.8 Å². The summed E-state index contributed by atoms with van der Waals surface area (Å²) in [4.78, 5) is 11.3. The summed E-state index contributed by atoms with van der Waals surface area (Å²) >= 11 is 11.4. The van der Waals surface area contributed by atoms with Crippen molar-refractivity contribution in [1.82, 2.24) is 0 Å². The second kappa shape index (κ2) is 5.39. The Balaban J connectivity index is 2.83. The van der Waals surface area contributed by atoms with Crippen LogP contribution in [0.15, 0.2) is 18.2 Å². The Kier molecular flexibility index (Phi) is 4.41. The first-order valence-corrected chi connectivity index (χ1v) is 5.32. The molecule has 0 aromatic heterocycles. The van der Waals surface area contributed by atoms with E-state index in [0.717, 1.165) is 0 Å². The molecule has 0 atom stereocenters. The van der Waals surface area contributed by atoms with Crippen LogP contribution in [-0.2, 0) is 4.74 Å². The van der Waals surface area contributed by atoms with Gasteiger partial charge in [0.2, 0.25) is 0 Å². The molecule has 88 valence electrons. The Morgan fingerprint density at radius 1 is 1.38 bits per heavy atom. The van der Waals surface area contributed by atoms with Gasteiger partial charge in [0.15, 0.2) is 0 Å². The maximum Gasteiger partial charge on any atom is 0.438 e. The first-order valence-electron chi connectivity index (χ1n) is 4.56. The zero-order chi connectivity index (χ0) is 12.3. The van der Waals surface area contributed by atoms with Gasteiger partial charge in [0, 0.05) is 0 Å². The predicted octanol–water partition coefficient (Wildman–Crippen LogP) is 3.73. The Labute approximate surface area is 103 Å². The Hall–Kier alpha value is -0.970. The van der Waals surface area contributed by atoms with Crippen LogP contribution in [0.5, 0.6) is 0 Å². The van der Waals surface area contributed by atoms with Crippen LogP contribution >= 0.6 is 23.2 Å². The summed E-state index contributed by atoms with van der Waals surface area (Å²) in [5.74, 6) is 0. The minimum absolute atomic E-state index is 0.194. The minimum atomic E-state index is -0.867. The van der Waals surface area contributed by atoms with Crippen LogP contribution < -0.4 is 5.06 Å². The van der Waals surface area contributed by atoms with E-state index < -0.39 is 6.09 Å². The number of ether oxygens (including phenoxy) is 1. The fourth-order valence-electron chi connectivity index (χ4n) is 0.974. The first-order chi connectivity index (χ1) is 7.41. The molecule has 0 fully saturated rings. The number of carbonyl (C=O) groups is 1. The number of hydrogen-bond acceptors (Lipinski definition) is 3. The quantitative estimate of drug-likeness (QED) is 0.654. The lowest BCUT2D eigenvalue weighted by Crippen LogP contribution is -2.29. The molecular formula is C10H11Cl2NO3. The van der Waals surface area contributed by atoms with E-state index in [0.29, 0.717) is 10.1 Å². The molecule has 0 unspecified atom stereocenters. The molecule has 0 heterocycles. The highest BCUT2D eigenvalue weighted by molar-refractivity contribution is 6.42. The Morgan fingerprint density at radius 2 is 2.00 bits per heavy atom. The van der Waals surface area contributed by atoms with Gasteiger partial charge in [-0.25, -0.2) is 4.79 Å². The molecule has 6 heteroatoms. The summed E-state index contributed by atoms with van der Waals surface area (Å²) in [7, 11) is 0. The first kappa shape index (κ1) is 13.1. The van der Waals surface area contributed by atoms with Gasteiger partial charge < -0.3 is 4.74 Å². The van der Waals surface area contributed by atoms with Crippen LogP contribution in [0.4, 0.5) is 10.5 Å². The third kappa shape index (κ3) is 3.27. The molecule has 4 nitrogen and oxygen atoms in total. The van der Waals surface area contributed by atoms with Crippen LogP contribution in [0.25, 0.3) is 0 Å². The van der Waals surface area contributed by atoms with Crippen LogP contribution in [-0.4, -0.2) is 17.4 Å². The van der Waals surface area contributed by atoms with Gasteiger partial charge in [-0.05, 0) is 32.0 Å². The van der Waals surface area contributed by atoms with Gasteiger partial charge in [0.25, 0.3) is 0 Å². The number of anilines is 1. The number of carbonyl (C=O) groups excluding carboxylic acids is 1. The van der Waals surface area contributed by atoms with E-state index in [4.69, 9.17) is 27.9 Å². The third-order valence-corrected chi connectivity index (χ3v) is 2.40. The van der Waals surface area contributed by atoms with Gasteiger partial charge in [-0.15, -0.1) is 0 Å². The lowest BCUT2D eigenvalue weighted by atomic mass is 10.3. The third-order valence-electron chi connectivity index (χ3n) is 1.66. The van der Waals surface area contributed by atoms with Crippen molar-refractivity contribution in [2.24, 2.45) is 0 Å². The molecule has 0 aliphatic heterocycles. The fourth-order valence-corrected chi connectivity index (χ4v) is 1.27. The van der Waals surface area contributed by atoms with E-state index in [1.54, 1.807) is 13.8 Å². The van der Waals surface area contributed by atoms with E-state index in [1.165, 1.54) is 18.2 Å². The van der Waals surface area contributed by atoms with E-state index >= 15 is 0 Å². The van der Waals surface area contributed by atoms with Gasteiger partial charge in [0.05, 0.1) is 21.8 Å². The largest absolute Gasteiger partial charge is 0.445 e. The van der Waals surface area contributed by atoms with Crippen LogP contribution in [0, 0.1) is 0 Å². The average molecular weight is 264 g/mol. The van der Waals surface area contributed by atoms with Crippen molar-refractivity contribution < 1.29 is 14.7 Å². The average Bonchev–Trinajstić information content (AvgIpc) is 2.20. The van der Waals surface area contributed by atoms with Crippen molar-refractivity contribution in [1.29, 1.82) is 0 Å². The van der Waals surface area contributed by atoms with Crippen LogP contribution in [0.1, 0.15) is 13.8 Å². The summed E-state index contributed by atoms with van der Waals surface area (Å²) in [6, 6.07) is 4.30. The van der Waals surface area contributed by atoms with Gasteiger partial charge in [-0.1, -0.05) is 23.2 Å². The summed E-state index contributed by atoms with van der Waals surface area (Å²) in [5, 5.41) is 10.5. The molecule has 0 saturated heterocycles. The van der Waals surface area contributed by atoms with Crippen molar-refractivity contribution in [2.75, 3.05) is 5.06 Å². The molecular weight excluding hydrogens is 253 g/mol. The number of rotatable bonds is 2. The van der Waals surface area contributed by atoms with Crippen molar-refractivity contribution in [3.05, 3.63) is 28.2 Å². The number of halogens is 2. The maximum absolute atomic E-state index is 11.3. The smallest absolute Gasteiger partial charge is 0.438 e. The van der Waals surface area contributed by atoms with Crippen LogP contribution in [0.3, 0.4) is 0 Å². The molecule has 1 N–H and O–H groups in total. The molecule has 0 aliphatic carbocycles. The number of amides is 1. The number of hydroxylamine groups is 1. The molecule has 1 amide bonds. The summed E-state index contributed by atoms with van der Waals surface area (Å²) in [6.45, 7) is 3.36. The molecule has 0 aliphatic rings. The SMILES string of the molecule is CC(C)OC(=O)N(O)c1ccc(Cl)c(Cl)c1. The van der Waals surface area contributed by atoms with E-state index in [9.17, 15) is 10.0 Å². The van der Waals surface area contributed by atoms with E-state index in [1.807, 2.05) is 0 Å². The zero-order valence-electron chi connectivity index (χ0n) is 8.78. The Bertz CT molecular complexity index is 396. The summed E-state index contributed by atoms with van der Waals surface area (Å²) in [5.41, 5.74) is 0.194. The molecule has 1 aromatic rings. The lowest BCUT2D eigenvalue weighted by Gasteiger charge is -2.16. The fraction of sp³-hybridized carbons (Fsp3) is 0.300. The topological polar surface area (TPSA) is 49.8 Å². The number of nitrogens with zero attached hydrogens (tertiary/aromatic N) is 1. The molecule has 1 aromatic carbocycles. The molecule has 0 bridgehead atoms. The van der Waals surface area contributed by atoms with Gasteiger partial charge >= 0.3 is 6.09 Å². The second-order valence-corrected chi connectivity index (χ2v) is 4.16. The highest BCUT2D eigenvalue weighted by atomic mass is 35.5. The second-order valence-electron chi connectivity index (χ2n) is 3.34. The minimum Gasteiger partial charge on any atom is -0.445 e. The Morgan fingerprint density at radius 3 is 2.50 bits per heavy atom. The van der Waals surface area contributed by atoms with Gasteiger partial charge in [-0.3, -0.25) is 5.21 Å². The predicted molar refractivity (Wildman–Crippen MR) is 62.3 cm³/mol.